The van der Waals surface area contributed by atoms with Crippen LogP contribution in [0.2, 0.25) is 0 Å². The predicted octanol–water partition coefficient (Wildman–Crippen LogP) is 1.70. The van der Waals surface area contributed by atoms with Crippen LogP contribution in [-0.2, 0) is 4.74 Å². The van der Waals surface area contributed by atoms with Crippen molar-refractivity contribution in [2.24, 2.45) is 5.73 Å². The number of thiocarbonyl (C=S) groups is 1. The van der Waals surface area contributed by atoms with Gasteiger partial charge in [0, 0.05) is 19.3 Å². The largest absolute Gasteiger partial charge is 0.388 e. The van der Waals surface area contributed by atoms with E-state index in [2.05, 4.69) is 10.3 Å². The number of rotatable bonds is 4. The lowest BCUT2D eigenvalue weighted by molar-refractivity contribution is 0.0247. The highest BCUT2D eigenvalue weighted by Crippen LogP contribution is 2.16. The van der Waals surface area contributed by atoms with Crippen molar-refractivity contribution in [3.05, 3.63) is 24.0 Å². The van der Waals surface area contributed by atoms with Crippen molar-refractivity contribution in [1.29, 1.82) is 0 Å². The quantitative estimate of drug-likeness (QED) is 0.798. The molecule has 1 aliphatic rings. The summed E-state index contributed by atoms with van der Waals surface area (Å²) in [4.78, 5) is 4.49. The third kappa shape index (κ3) is 3.38. The minimum atomic E-state index is 0.281. The van der Waals surface area contributed by atoms with E-state index in [1.54, 1.807) is 6.20 Å². The number of anilines is 1. The minimum absolute atomic E-state index is 0.281. The highest BCUT2D eigenvalue weighted by Gasteiger charge is 2.14. The Bertz CT molecular complexity index is 391. The van der Waals surface area contributed by atoms with Crippen LogP contribution in [0, 0.1) is 0 Å². The van der Waals surface area contributed by atoms with E-state index in [-0.39, 0.29) is 6.10 Å². The van der Waals surface area contributed by atoms with E-state index < -0.39 is 0 Å². The van der Waals surface area contributed by atoms with Gasteiger partial charge in [0.2, 0.25) is 0 Å². The first-order valence-electron chi connectivity index (χ1n) is 5.87. The molecule has 5 heteroatoms. The van der Waals surface area contributed by atoms with Gasteiger partial charge >= 0.3 is 0 Å². The normalized spacial score (nSPS) is 19.9. The van der Waals surface area contributed by atoms with Crippen molar-refractivity contribution in [3.63, 3.8) is 0 Å². The SMILES string of the molecule is NC(=S)c1ncccc1NCC1CCCCO1. The van der Waals surface area contributed by atoms with Crippen molar-refractivity contribution >= 4 is 22.9 Å². The fourth-order valence-corrected chi connectivity index (χ4v) is 2.10. The molecule has 2 rings (SSSR count). The van der Waals surface area contributed by atoms with E-state index in [1.807, 2.05) is 12.1 Å². The second-order valence-electron chi connectivity index (χ2n) is 4.13. The molecule has 1 saturated heterocycles. The molecule has 0 bridgehead atoms. The molecular weight excluding hydrogens is 234 g/mol. The van der Waals surface area contributed by atoms with Crippen molar-refractivity contribution in [3.8, 4) is 0 Å². The summed E-state index contributed by atoms with van der Waals surface area (Å²) < 4.78 is 5.65. The Hall–Kier alpha value is -1.20. The topological polar surface area (TPSA) is 60.2 Å². The molecule has 0 aromatic carbocycles. The number of ether oxygens (including phenoxy) is 1. The zero-order chi connectivity index (χ0) is 12.1. The van der Waals surface area contributed by atoms with Crippen LogP contribution in [0.1, 0.15) is 25.0 Å². The Kier molecular flexibility index (Phi) is 4.28. The van der Waals surface area contributed by atoms with Crippen LogP contribution in [0.4, 0.5) is 5.69 Å². The van der Waals surface area contributed by atoms with Gasteiger partial charge in [-0.25, -0.2) is 0 Å². The number of hydrogen-bond donors (Lipinski definition) is 2. The highest BCUT2D eigenvalue weighted by atomic mass is 32.1. The molecule has 1 atom stereocenters. The maximum Gasteiger partial charge on any atom is 0.124 e. The van der Waals surface area contributed by atoms with Crippen molar-refractivity contribution in [2.75, 3.05) is 18.5 Å². The first-order chi connectivity index (χ1) is 8.27. The van der Waals surface area contributed by atoms with Gasteiger partial charge in [0.1, 0.15) is 10.7 Å². The van der Waals surface area contributed by atoms with E-state index >= 15 is 0 Å². The Labute approximate surface area is 107 Å². The first-order valence-corrected chi connectivity index (χ1v) is 6.28. The summed E-state index contributed by atoms with van der Waals surface area (Å²) in [5, 5.41) is 3.31. The van der Waals surface area contributed by atoms with Gasteiger partial charge in [-0.2, -0.15) is 0 Å². The van der Waals surface area contributed by atoms with Crippen LogP contribution < -0.4 is 11.1 Å². The Balaban J connectivity index is 1.96. The number of nitrogens with two attached hydrogens (primary N) is 1. The lowest BCUT2D eigenvalue weighted by Crippen LogP contribution is -2.28. The third-order valence-corrected chi connectivity index (χ3v) is 3.03. The number of pyridine rings is 1. The molecule has 17 heavy (non-hydrogen) atoms. The summed E-state index contributed by atoms with van der Waals surface area (Å²) in [6.45, 7) is 1.64. The van der Waals surface area contributed by atoms with Crippen LogP contribution >= 0.6 is 12.2 Å². The summed E-state index contributed by atoms with van der Waals surface area (Å²) in [5.74, 6) is 0. The molecular formula is C12H17N3OS. The number of hydrogen-bond acceptors (Lipinski definition) is 4. The zero-order valence-electron chi connectivity index (χ0n) is 9.69. The average molecular weight is 251 g/mol. The zero-order valence-corrected chi connectivity index (χ0v) is 10.5. The Morgan fingerprint density at radius 1 is 1.59 bits per heavy atom. The summed E-state index contributed by atoms with van der Waals surface area (Å²) in [6, 6.07) is 3.80. The summed E-state index contributed by atoms with van der Waals surface area (Å²) in [5.41, 5.74) is 7.16. The van der Waals surface area contributed by atoms with Gasteiger partial charge in [-0.15, -0.1) is 0 Å². The van der Waals surface area contributed by atoms with Gasteiger partial charge in [0.15, 0.2) is 0 Å². The van der Waals surface area contributed by atoms with Gasteiger partial charge < -0.3 is 15.8 Å². The molecule has 3 N–H and O–H groups in total. The summed E-state index contributed by atoms with van der Waals surface area (Å²) >= 11 is 4.96. The molecule has 0 spiro atoms. The lowest BCUT2D eigenvalue weighted by atomic mass is 10.1. The molecule has 0 radical (unpaired) electrons. The molecule has 0 saturated carbocycles. The second-order valence-corrected chi connectivity index (χ2v) is 4.57. The van der Waals surface area contributed by atoms with Gasteiger partial charge in [-0.1, -0.05) is 12.2 Å². The molecule has 1 aromatic rings. The van der Waals surface area contributed by atoms with Crippen LogP contribution in [0.5, 0.6) is 0 Å². The summed E-state index contributed by atoms with van der Waals surface area (Å²) in [6.07, 6.45) is 5.48. The van der Waals surface area contributed by atoms with E-state index in [0.717, 1.165) is 25.3 Å². The van der Waals surface area contributed by atoms with Gasteiger partial charge in [-0.3, -0.25) is 4.98 Å². The smallest absolute Gasteiger partial charge is 0.124 e. The highest BCUT2D eigenvalue weighted by molar-refractivity contribution is 7.80. The van der Waals surface area contributed by atoms with Gasteiger partial charge in [0.05, 0.1) is 11.8 Å². The molecule has 0 aliphatic carbocycles. The molecule has 1 fully saturated rings. The fourth-order valence-electron chi connectivity index (χ4n) is 1.94. The number of nitrogens with zero attached hydrogens (tertiary/aromatic N) is 1. The summed E-state index contributed by atoms with van der Waals surface area (Å²) in [7, 11) is 0. The molecule has 1 aliphatic heterocycles. The van der Waals surface area contributed by atoms with Crippen molar-refractivity contribution in [1.82, 2.24) is 4.98 Å². The maximum atomic E-state index is 5.65. The van der Waals surface area contributed by atoms with Crippen molar-refractivity contribution in [2.45, 2.75) is 25.4 Å². The monoisotopic (exact) mass is 251 g/mol. The third-order valence-electron chi connectivity index (χ3n) is 2.84. The molecule has 1 unspecified atom stereocenters. The van der Waals surface area contributed by atoms with Gasteiger partial charge in [0.25, 0.3) is 0 Å². The molecule has 1 aromatic heterocycles. The molecule has 2 heterocycles. The van der Waals surface area contributed by atoms with Crippen molar-refractivity contribution < 1.29 is 4.74 Å². The van der Waals surface area contributed by atoms with Crippen LogP contribution in [-0.4, -0.2) is 29.2 Å². The number of aromatic nitrogens is 1. The van der Waals surface area contributed by atoms with Crippen LogP contribution in [0.15, 0.2) is 18.3 Å². The van der Waals surface area contributed by atoms with Crippen LogP contribution in [0.25, 0.3) is 0 Å². The minimum Gasteiger partial charge on any atom is -0.388 e. The number of nitrogens with one attached hydrogen (secondary N) is 1. The predicted molar refractivity (Wildman–Crippen MR) is 72.2 cm³/mol. The average Bonchev–Trinajstić information content (AvgIpc) is 2.38. The molecule has 92 valence electrons. The molecule has 4 nitrogen and oxygen atoms in total. The Morgan fingerprint density at radius 3 is 3.18 bits per heavy atom. The van der Waals surface area contributed by atoms with E-state index in [0.29, 0.717) is 10.7 Å². The van der Waals surface area contributed by atoms with E-state index in [9.17, 15) is 0 Å². The van der Waals surface area contributed by atoms with E-state index in [1.165, 1.54) is 12.8 Å². The standard InChI is InChI=1S/C12H17N3OS/c13-12(17)11-10(5-3-6-14-11)15-8-9-4-1-2-7-16-9/h3,5-6,9,15H,1-2,4,7-8H2,(H2,13,17). The van der Waals surface area contributed by atoms with Crippen LogP contribution in [0.3, 0.4) is 0 Å². The lowest BCUT2D eigenvalue weighted by Gasteiger charge is -2.23. The molecule has 0 amide bonds. The first kappa shape index (κ1) is 12.3. The maximum absolute atomic E-state index is 5.65. The second kappa shape index (κ2) is 5.93. The van der Waals surface area contributed by atoms with E-state index in [4.69, 9.17) is 22.7 Å². The fraction of sp³-hybridized carbons (Fsp3) is 0.500. The Morgan fingerprint density at radius 2 is 2.47 bits per heavy atom. The van der Waals surface area contributed by atoms with Gasteiger partial charge in [-0.05, 0) is 31.4 Å².